The lowest BCUT2D eigenvalue weighted by Gasteiger charge is -2.60. The first kappa shape index (κ1) is 22.3. The Morgan fingerprint density at radius 1 is 1.03 bits per heavy atom. The second-order valence-corrected chi connectivity index (χ2v) is 11.3. The molecule has 4 aliphatic carbocycles. The molecule has 1 aliphatic heterocycles. The molecule has 178 valence electrons. The van der Waals surface area contributed by atoms with Crippen molar-refractivity contribution in [3.63, 3.8) is 0 Å². The van der Waals surface area contributed by atoms with Crippen molar-refractivity contribution in [2.45, 2.75) is 84.0 Å². The van der Waals surface area contributed by atoms with Crippen molar-refractivity contribution in [3.8, 4) is 0 Å². The Morgan fingerprint density at radius 3 is 2.50 bits per heavy atom. The van der Waals surface area contributed by atoms with E-state index in [4.69, 9.17) is 14.2 Å². The molecule has 1 spiro atoms. The number of ketones is 1. The van der Waals surface area contributed by atoms with Gasteiger partial charge < -0.3 is 19.3 Å². The van der Waals surface area contributed by atoms with Gasteiger partial charge in [0.15, 0.2) is 5.78 Å². The molecule has 1 saturated heterocycles. The minimum Gasteiger partial charge on any atom is -0.459 e. The van der Waals surface area contributed by atoms with Gasteiger partial charge in [-0.05, 0) is 68.1 Å². The minimum atomic E-state index is -0.603. The number of aliphatic hydroxyl groups excluding tert-OH is 1. The Hall–Kier alpha value is -1.47. The van der Waals surface area contributed by atoms with Crippen LogP contribution in [0.3, 0.4) is 0 Å². The van der Waals surface area contributed by atoms with E-state index in [2.05, 4.69) is 6.92 Å². The summed E-state index contributed by atoms with van der Waals surface area (Å²) in [4.78, 5) is 36.0. The first-order valence-corrected chi connectivity index (χ1v) is 12.3. The van der Waals surface area contributed by atoms with Crippen LogP contribution in [-0.2, 0) is 28.6 Å². The van der Waals surface area contributed by atoms with Crippen molar-refractivity contribution in [2.75, 3.05) is 13.2 Å². The van der Waals surface area contributed by atoms with Crippen LogP contribution in [0.2, 0.25) is 0 Å². The molecule has 0 aromatic carbocycles. The number of aliphatic hydroxyl groups is 1. The summed E-state index contributed by atoms with van der Waals surface area (Å²) in [5.74, 6) is 0.674. The van der Waals surface area contributed by atoms with Crippen LogP contribution in [0, 0.1) is 40.4 Å². The van der Waals surface area contributed by atoms with Crippen LogP contribution in [0.1, 0.15) is 65.7 Å². The Morgan fingerprint density at radius 2 is 1.78 bits per heavy atom. The summed E-state index contributed by atoms with van der Waals surface area (Å²) in [6, 6.07) is 0. The van der Waals surface area contributed by atoms with Crippen molar-refractivity contribution in [1.29, 1.82) is 0 Å². The third-order valence-electron chi connectivity index (χ3n) is 10.00. The zero-order valence-electron chi connectivity index (χ0n) is 19.4. The summed E-state index contributed by atoms with van der Waals surface area (Å²) in [6.07, 6.45) is 5.26. The molecule has 4 saturated carbocycles. The molecule has 32 heavy (non-hydrogen) atoms. The lowest BCUT2D eigenvalue weighted by atomic mass is 9.44. The van der Waals surface area contributed by atoms with Gasteiger partial charge in [0.25, 0.3) is 0 Å². The maximum absolute atomic E-state index is 13.0. The maximum Gasteiger partial charge on any atom is 0.303 e. The van der Waals surface area contributed by atoms with Crippen molar-refractivity contribution in [1.82, 2.24) is 0 Å². The summed E-state index contributed by atoms with van der Waals surface area (Å²) >= 11 is 0. The van der Waals surface area contributed by atoms with Gasteiger partial charge in [-0.3, -0.25) is 14.4 Å². The van der Waals surface area contributed by atoms with Crippen LogP contribution < -0.4 is 0 Å². The molecular weight excluding hydrogens is 412 g/mol. The molecule has 0 aromatic heterocycles. The van der Waals surface area contributed by atoms with Crippen molar-refractivity contribution in [2.24, 2.45) is 40.4 Å². The van der Waals surface area contributed by atoms with E-state index < -0.39 is 18.2 Å². The Bertz CT molecular complexity index is 810. The highest BCUT2D eigenvalue weighted by Gasteiger charge is 2.69. The number of fused-ring (bicyclic) bond motifs is 2. The molecule has 5 rings (SSSR count). The van der Waals surface area contributed by atoms with Crippen LogP contribution in [0.5, 0.6) is 0 Å². The second kappa shape index (κ2) is 7.79. The first-order valence-electron chi connectivity index (χ1n) is 12.3. The fourth-order valence-electron chi connectivity index (χ4n) is 8.98. The number of ether oxygens (including phenoxy) is 3. The van der Waals surface area contributed by atoms with E-state index >= 15 is 0 Å². The SMILES string of the molecule is CC(=O)OCC(=O)[C@H]1CC[C@H]2[C@@H]3CCC4C(OC(C)=O)C(O)CC[C@@]45CO[C@@H](C[C@]12C)[C@@H]35. The number of esters is 2. The van der Waals surface area contributed by atoms with Gasteiger partial charge in [-0.2, -0.15) is 0 Å². The molecule has 5 aliphatic rings. The van der Waals surface area contributed by atoms with Crippen molar-refractivity contribution in [3.05, 3.63) is 0 Å². The monoisotopic (exact) mass is 448 g/mol. The normalized spacial score (nSPS) is 48.9. The second-order valence-electron chi connectivity index (χ2n) is 11.3. The van der Waals surface area contributed by atoms with Gasteiger partial charge in [-0.1, -0.05) is 6.92 Å². The summed E-state index contributed by atoms with van der Waals surface area (Å²) in [5, 5.41) is 10.7. The standard InChI is InChI=1S/C25H36O7/c1-13(26)30-11-20(29)17-7-6-16-15-4-5-18-23(32-14(2)27)19(28)8-9-25(18)12-31-21(22(15)25)10-24(16,17)3/h15-19,21-23,28H,4-12H2,1-3H3/t15-,16-,17+,18?,19?,21-,22+,23?,24-,25+/m0/s1. The topological polar surface area (TPSA) is 99.1 Å². The highest BCUT2D eigenvalue weighted by molar-refractivity contribution is 5.85. The Kier molecular flexibility index (Phi) is 5.44. The van der Waals surface area contributed by atoms with E-state index in [9.17, 15) is 19.5 Å². The van der Waals surface area contributed by atoms with Crippen LogP contribution in [0.25, 0.3) is 0 Å². The number of hydrogen-bond acceptors (Lipinski definition) is 7. The molecule has 0 aromatic rings. The number of carbonyl (C=O) groups is 3. The molecule has 7 heteroatoms. The highest BCUT2D eigenvalue weighted by atomic mass is 16.6. The summed E-state index contributed by atoms with van der Waals surface area (Å²) < 4.78 is 17.2. The van der Waals surface area contributed by atoms with Gasteiger partial charge in [-0.15, -0.1) is 0 Å². The van der Waals surface area contributed by atoms with Crippen LogP contribution >= 0.6 is 0 Å². The van der Waals surface area contributed by atoms with Gasteiger partial charge in [0.1, 0.15) is 12.7 Å². The molecule has 7 nitrogen and oxygen atoms in total. The van der Waals surface area contributed by atoms with Crippen LogP contribution in [-0.4, -0.2) is 54.4 Å². The van der Waals surface area contributed by atoms with E-state index in [1.54, 1.807) is 0 Å². The predicted molar refractivity (Wildman–Crippen MR) is 113 cm³/mol. The predicted octanol–water partition coefficient (Wildman–Crippen LogP) is 2.67. The van der Waals surface area contributed by atoms with E-state index in [0.717, 1.165) is 38.5 Å². The first-order chi connectivity index (χ1) is 15.2. The molecule has 1 heterocycles. The highest BCUT2D eigenvalue weighted by Crippen LogP contribution is 2.70. The number of carbonyl (C=O) groups excluding carboxylic acids is 3. The van der Waals surface area contributed by atoms with Crippen molar-refractivity contribution >= 4 is 17.7 Å². The largest absolute Gasteiger partial charge is 0.459 e. The van der Waals surface area contributed by atoms with Gasteiger partial charge in [0.05, 0.1) is 18.8 Å². The third kappa shape index (κ3) is 3.17. The third-order valence-corrected chi connectivity index (χ3v) is 10.00. The number of Topliss-reactive ketones (excluding diaryl/α,β-unsaturated/α-hetero) is 1. The Balaban J connectivity index is 1.41. The Labute approximate surface area is 189 Å². The molecule has 10 atom stereocenters. The fourth-order valence-corrected chi connectivity index (χ4v) is 8.98. The van der Waals surface area contributed by atoms with Crippen molar-refractivity contribution < 1.29 is 33.7 Å². The summed E-state index contributed by atoms with van der Waals surface area (Å²) in [7, 11) is 0. The molecule has 5 fully saturated rings. The fraction of sp³-hybridized carbons (Fsp3) is 0.880. The lowest BCUT2D eigenvalue weighted by molar-refractivity contribution is -0.190. The zero-order chi connectivity index (χ0) is 22.8. The van der Waals surface area contributed by atoms with E-state index in [-0.39, 0.29) is 47.1 Å². The van der Waals surface area contributed by atoms with Crippen LogP contribution in [0.4, 0.5) is 0 Å². The van der Waals surface area contributed by atoms with Crippen LogP contribution in [0.15, 0.2) is 0 Å². The summed E-state index contributed by atoms with van der Waals surface area (Å²) in [5.41, 5.74) is -0.182. The minimum absolute atomic E-state index is 0.0424. The molecule has 1 N–H and O–H groups in total. The van der Waals surface area contributed by atoms with E-state index in [0.29, 0.717) is 30.8 Å². The van der Waals surface area contributed by atoms with E-state index in [1.165, 1.54) is 13.8 Å². The lowest BCUT2D eigenvalue weighted by Crippen LogP contribution is -2.61. The van der Waals surface area contributed by atoms with Gasteiger partial charge in [0, 0.05) is 31.1 Å². The quantitative estimate of drug-likeness (QED) is 0.660. The van der Waals surface area contributed by atoms with Gasteiger partial charge in [0.2, 0.25) is 0 Å². The molecule has 0 amide bonds. The maximum atomic E-state index is 13.0. The number of rotatable bonds is 4. The summed E-state index contributed by atoms with van der Waals surface area (Å²) in [6.45, 7) is 5.54. The molecule has 0 radical (unpaired) electrons. The van der Waals surface area contributed by atoms with Gasteiger partial charge in [-0.25, -0.2) is 0 Å². The van der Waals surface area contributed by atoms with E-state index in [1.807, 2.05) is 0 Å². The smallest absolute Gasteiger partial charge is 0.303 e. The van der Waals surface area contributed by atoms with Gasteiger partial charge >= 0.3 is 11.9 Å². The molecular formula is C25H36O7. The zero-order valence-corrected chi connectivity index (χ0v) is 19.4. The molecule has 0 bridgehead atoms. The molecule has 3 unspecified atom stereocenters. The average Bonchev–Trinajstić information content (AvgIpc) is 3.27. The number of hydrogen-bond donors (Lipinski definition) is 1. The average molecular weight is 449 g/mol.